The van der Waals surface area contributed by atoms with E-state index in [1.165, 1.54) is 11.2 Å². The van der Waals surface area contributed by atoms with Crippen LogP contribution in [0.5, 0.6) is 0 Å². The first-order chi connectivity index (χ1) is 16.8. The quantitative estimate of drug-likeness (QED) is 0.557. The van der Waals surface area contributed by atoms with Crippen LogP contribution in [0.1, 0.15) is 25.0 Å². The van der Waals surface area contributed by atoms with E-state index in [9.17, 15) is 13.2 Å². The van der Waals surface area contributed by atoms with Crippen LogP contribution in [0, 0.1) is 6.92 Å². The van der Waals surface area contributed by atoms with E-state index in [0.717, 1.165) is 33.9 Å². The van der Waals surface area contributed by atoms with Crippen molar-refractivity contribution in [1.82, 2.24) is 14.5 Å². The Hall–Kier alpha value is -3.30. The van der Waals surface area contributed by atoms with Crippen LogP contribution in [0.4, 0.5) is 11.5 Å². The van der Waals surface area contributed by atoms with Crippen molar-refractivity contribution in [2.24, 2.45) is 0 Å². The monoisotopic (exact) mass is 491 g/mol. The molecule has 9 heteroatoms. The number of aromatic nitrogens is 2. The summed E-state index contributed by atoms with van der Waals surface area (Å²) in [6.45, 7) is 7.38. The highest BCUT2D eigenvalue weighted by molar-refractivity contribution is 7.89. The lowest BCUT2D eigenvalue weighted by Gasteiger charge is -2.34. The van der Waals surface area contributed by atoms with Gasteiger partial charge < -0.3 is 9.80 Å². The molecule has 1 atom stereocenters. The van der Waals surface area contributed by atoms with Crippen LogP contribution in [0.25, 0.3) is 11.3 Å². The Kier molecular flexibility index (Phi) is 6.06. The summed E-state index contributed by atoms with van der Waals surface area (Å²) in [6, 6.07) is 17.1. The minimum Gasteiger partial charge on any atom is -0.352 e. The fraction of sp³-hybridized carbons (Fsp3) is 0.346. The highest BCUT2D eigenvalue weighted by Crippen LogP contribution is 2.34. The van der Waals surface area contributed by atoms with Crippen LogP contribution in [0.3, 0.4) is 0 Å². The molecule has 1 saturated heterocycles. The third-order valence-corrected chi connectivity index (χ3v) is 8.77. The van der Waals surface area contributed by atoms with Crippen molar-refractivity contribution in [3.05, 3.63) is 65.7 Å². The minimum absolute atomic E-state index is 0.0296. The Morgan fingerprint density at radius 3 is 2.37 bits per heavy atom. The molecule has 0 bridgehead atoms. The van der Waals surface area contributed by atoms with Gasteiger partial charge >= 0.3 is 0 Å². The number of hydrogen-bond acceptors (Lipinski definition) is 6. The molecule has 1 aromatic heterocycles. The van der Waals surface area contributed by atoms with Gasteiger partial charge in [-0.2, -0.15) is 4.31 Å². The lowest BCUT2D eigenvalue weighted by molar-refractivity contribution is -0.116. The Labute approximate surface area is 206 Å². The van der Waals surface area contributed by atoms with Gasteiger partial charge in [0.05, 0.1) is 10.6 Å². The van der Waals surface area contributed by atoms with Gasteiger partial charge in [0.15, 0.2) is 5.82 Å². The first kappa shape index (κ1) is 23.4. The molecule has 2 aromatic carbocycles. The molecule has 0 unspecified atom stereocenters. The molecule has 0 spiro atoms. The van der Waals surface area contributed by atoms with Crippen LogP contribution in [-0.4, -0.2) is 61.0 Å². The maximum absolute atomic E-state index is 13.4. The molecule has 1 amide bonds. The van der Waals surface area contributed by atoms with Gasteiger partial charge in [-0.05, 0) is 61.7 Å². The number of hydrogen-bond donors (Lipinski definition) is 0. The zero-order valence-corrected chi connectivity index (χ0v) is 21.0. The van der Waals surface area contributed by atoms with Crippen molar-refractivity contribution in [1.29, 1.82) is 0 Å². The summed E-state index contributed by atoms with van der Waals surface area (Å²) in [5.41, 5.74) is 4.72. The predicted octanol–water partition coefficient (Wildman–Crippen LogP) is 3.26. The van der Waals surface area contributed by atoms with Gasteiger partial charge in [-0.3, -0.25) is 4.79 Å². The number of aryl methyl sites for hydroxylation is 1. The molecule has 8 nitrogen and oxygen atoms in total. The summed E-state index contributed by atoms with van der Waals surface area (Å²) in [6.07, 6.45) is 0.656. The van der Waals surface area contributed by atoms with Crippen LogP contribution in [0.15, 0.2) is 59.5 Å². The van der Waals surface area contributed by atoms with Gasteiger partial charge in [0.25, 0.3) is 0 Å². The topological polar surface area (TPSA) is 86.7 Å². The second-order valence-corrected chi connectivity index (χ2v) is 11.2. The molecule has 3 aromatic rings. The predicted molar refractivity (Wildman–Crippen MR) is 136 cm³/mol. The third-order valence-electron chi connectivity index (χ3n) is 6.88. The van der Waals surface area contributed by atoms with Crippen molar-refractivity contribution in [2.45, 2.75) is 38.1 Å². The van der Waals surface area contributed by atoms with Crippen LogP contribution in [-0.2, 0) is 21.2 Å². The van der Waals surface area contributed by atoms with E-state index in [1.54, 1.807) is 23.1 Å². The lowest BCUT2D eigenvalue weighted by atomic mass is 10.1. The first-order valence-corrected chi connectivity index (χ1v) is 13.3. The molecule has 0 radical (unpaired) electrons. The Balaban J connectivity index is 1.28. The van der Waals surface area contributed by atoms with E-state index in [2.05, 4.69) is 15.1 Å². The Morgan fingerprint density at radius 1 is 0.971 bits per heavy atom. The van der Waals surface area contributed by atoms with E-state index in [1.807, 2.05) is 50.2 Å². The molecule has 2 aliphatic rings. The minimum atomic E-state index is -3.62. The second kappa shape index (κ2) is 9.05. The number of rotatable bonds is 4. The third kappa shape index (κ3) is 4.30. The molecule has 0 aliphatic carbocycles. The smallest absolute Gasteiger partial charge is 0.243 e. The largest absolute Gasteiger partial charge is 0.352 e. The van der Waals surface area contributed by atoms with Crippen molar-refractivity contribution in [3.63, 3.8) is 0 Å². The fourth-order valence-electron chi connectivity index (χ4n) is 5.05. The zero-order chi connectivity index (χ0) is 24.7. The van der Waals surface area contributed by atoms with Crippen molar-refractivity contribution in [3.8, 4) is 11.3 Å². The normalized spacial score (nSPS) is 18.5. The van der Waals surface area contributed by atoms with Crippen molar-refractivity contribution in [2.75, 3.05) is 36.0 Å². The van der Waals surface area contributed by atoms with E-state index in [4.69, 9.17) is 0 Å². The van der Waals surface area contributed by atoms with Gasteiger partial charge in [0.2, 0.25) is 15.9 Å². The van der Waals surface area contributed by atoms with Gasteiger partial charge in [-0.25, -0.2) is 8.42 Å². The molecule has 35 heavy (non-hydrogen) atoms. The highest BCUT2D eigenvalue weighted by Gasteiger charge is 2.33. The first-order valence-electron chi connectivity index (χ1n) is 11.8. The van der Waals surface area contributed by atoms with Gasteiger partial charge in [-0.15, -0.1) is 10.2 Å². The molecule has 5 rings (SSSR count). The van der Waals surface area contributed by atoms with Gasteiger partial charge in [-0.1, -0.05) is 24.3 Å². The highest BCUT2D eigenvalue weighted by atomic mass is 32.2. The number of fused-ring (bicyclic) bond motifs is 1. The van der Waals surface area contributed by atoms with E-state index < -0.39 is 10.0 Å². The molecular formula is C26H29N5O3S. The Morgan fingerprint density at radius 2 is 1.71 bits per heavy atom. The molecular weight excluding hydrogens is 462 g/mol. The van der Waals surface area contributed by atoms with Gasteiger partial charge in [0, 0.05) is 50.4 Å². The average molecular weight is 492 g/mol. The molecule has 0 N–H and O–H groups in total. The van der Waals surface area contributed by atoms with Crippen LogP contribution >= 0.6 is 0 Å². The standard InChI is InChI=1S/C26H29N5O3S/c1-18-6-4-5-7-23(18)24-9-11-26(28-27-24)29-12-14-30(15-13-29)35(33,34)22-8-10-25-21(17-22)16-19(2)31(25)20(3)32/h4-11,17,19H,12-16H2,1-3H3/t19-/m0/s1. The molecule has 1 fully saturated rings. The summed E-state index contributed by atoms with van der Waals surface area (Å²) in [7, 11) is -3.62. The summed E-state index contributed by atoms with van der Waals surface area (Å²) < 4.78 is 28.2. The van der Waals surface area contributed by atoms with Crippen molar-refractivity contribution < 1.29 is 13.2 Å². The van der Waals surface area contributed by atoms with Crippen molar-refractivity contribution >= 4 is 27.4 Å². The fourth-order valence-corrected chi connectivity index (χ4v) is 6.53. The summed E-state index contributed by atoms with van der Waals surface area (Å²) >= 11 is 0. The number of sulfonamides is 1. The maximum atomic E-state index is 13.4. The zero-order valence-electron chi connectivity index (χ0n) is 20.2. The van der Waals surface area contributed by atoms with E-state index in [-0.39, 0.29) is 16.8 Å². The van der Waals surface area contributed by atoms with Gasteiger partial charge in [0.1, 0.15) is 0 Å². The average Bonchev–Trinajstić information content (AvgIpc) is 3.20. The lowest BCUT2D eigenvalue weighted by Crippen LogP contribution is -2.49. The molecule has 0 saturated carbocycles. The molecule has 3 heterocycles. The molecule has 2 aliphatic heterocycles. The number of amides is 1. The maximum Gasteiger partial charge on any atom is 0.243 e. The second-order valence-electron chi connectivity index (χ2n) is 9.22. The molecule has 182 valence electrons. The van der Waals surface area contributed by atoms with E-state index in [0.29, 0.717) is 32.6 Å². The number of nitrogens with zero attached hydrogens (tertiary/aromatic N) is 5. The SMILES string of the molecule is CC(=O)N1c2ccc(S(=O)(=O)N3CCN(c4ccc(-c5ccccc5C)nn4)CC3)cc2C[C@@H]1C. The van der Waals surface area contributed by atoms with Crippen LogP contribution in [0.2, 0.25) is 0 Å². The summed E-state index contributed by atoms with van der Waals surface area (Å²) in [5.74, 6) is 0.716. The number of carbonyl (C=O) groups excluding carboxylic acids is 1. The summed E-state index contributed by atoms with van der Waals surface area (Å²) in [5, 5.41) is 8.82. The number of piperazine rings is 1. The van der Waals surface area contributed by atoms with E-state index >= 15 is 0 Å². The number of benzene rings is 2. The number of carbonyl (C=O) groups is 1. The Bertz CT molecular complexity index is 1370. The van der Waals surface area contributed by atoms with Crippen LogP contribution < -0.4 is 9.80 Å². The number of anilines is 2. The summed E-state index contributed by atoms with van der Waals surface area (Å²) in [4.78, 5) is 16.1.